The third kappa shape index (κ3) is 6.05. The van der Waals surface area contributed by atoms with Gasteiger partial charge in [0.25, 0.3) is 0 Å². The molecule has 1 heterocycles. The van der Waals surface area contributed by atoms with Gasteiger partial charge in [-0.25, -0.2) is 14.1 Å². The Hall–Kier alpha value is -2.15. The quantitative estimate of drug-likeness (QED) is 0.203. The molecule has 3 aromatic rings. The van der Waals surface area contributed by atoms with E-state index in [0.717, 1.165) is 36.1 Å². The van der Waals surface area contributed by atoms with Gasteiger partial charge in [0.15, 0.2) is 0 Å². The van der Waals surface area contributed by atoms with Crippen molar-refractivity contribution in [1.82, 2.24) is 4.57 Å². The molecule has 1 aromatic heterocycles. The summed E-state index contributed by atoms with van der Waals surface area (Å²) in [5.41, 5.74) is 7.24. The Morgan fingerprint density at radius 3 is 1.85 bits per heavy atom. The summed E-state index contributed by atoms with van der Waals surface area (Å²) in [5, 5.41) is 3.65. The first-order valence-corrected chi connectivity index (χ1v) is 11.9. The fourth-order valence-corrected chi connectivity index (χ4v) is 4.17. The molecule has 0 saturated heterocycles. The third-order valence-corrected chi connectivity index (χ3v) is 6.33. The van der Waals surface area contributed by atoms with E-state index in [0.29, 0.717) is 11.8 Å². The van der Waals surface area contributed by atoms with E-state index in [1.54, 1.807) is 0 Å². The molecule has 0 bridgehead atoms. The Labute approximate surface area is 217 Å². The standard InChI is InChI=1S/C28H39N4.HI/c1-9-31-21(7)22(8)32(10-2)28(31)27(29-25-15-11-23(12-16-25)19(3)4)30-26-17-13-24(14-18-26)20(5)6;/h11-20H,9-10H2,1-8H3,(H,29,30);1H/q+1;/p-1. The topological polar surface area (TPSA) is 33.2 Å². The summed E-state index contributed by atoms with van der Waals surface area (Å²) >= 11 is 0. The number of hydrogen-bond donors (Lipinski definition) is 1. The summed E-state index contributed by atoms with van der Waals surface area (Å²) in [6, 6.07) is 17.3. The van der Waals surface area contributed by atoms with Crippen LogP contribution in [0.1, 0.15) is 81.7 Å². The van der Waals surface area contributed by atoms with Crippen LogP contribution >= 0.6 is 0 Å². The van der Waals surface area contributed by atoms with Gasteiger partial charge >= 0.3 is 5.82 Å². The molecule has 0 aliphatic carbocycles. The van der Waals surface area contributed by atoms with Gasteiger partial charge in [0.2, 0.25) is 5.84 Å². The molecule has 0 saturated carbocycles. The van der Waals surface area contributed by atoms with Crippen LogP contribution in [0.15, 0.2) is 53.5 Å². The molecule has 0 radical (unpaired) electrons. The minimum absolute atomic E-state index is 0. The number of benzene rings is 2. The number of aromatic nitrogens is 2. The number of nitrogens with one attached hydrogen (secondary N) is 1. The summed E-state index contributed by atoms with van der Waals surface area (Å²) in [7, 11) is 0. The van der Waals surface area contributed by atoms with Crippen LogP contribution in [-0.2, 0) is 13.1 Å². The Balaban J connectivity index is 0.00000385. The Morgan fingerprint density at radius 2 is 1.39 bits per heavy atom. The van der Waals surface area contributed by atoms with E-state index in [2.05, 4.69) is 118 Å². The van der Waals surface area contributed by atoms with Crippen LogP contribution in [0.5, 0.6) is 0 Å². The average molecular weight is 559 g/mol. The molecule has 0 spiro atoms. The molecule has 0 amide bonds. The van der Waals surface area contributed by atoms with Gasteiger partial charge in [-0.3, -0.25) is 0 Å². The number of anilines is 1. The van der Waals surface area contributed by atoms with Crippen molar-refractivity contribution >= 4 is 17.2 Å². The predicted octanol–water partition coefficient (Wildman–Crippen LogP) is 3.87. The van der Waals surface area contributed by atoms with Crippen LogP contribution in [0.25, 0.3) is 0 Å². The predicted molar refractivity (Wildman–Crippen MR) is 136 cm³/mol. The SMILES string of the molecule is CCn1c(C)c(C)[n+](CC)c1C(=Nc1ccc(C(C)C)cc1)Nc1ccc(C(C)C)cc1.[I-]. The van der Waals surface area contributed by atoms with Crippen molar-refractivity contribution in [3.8, 4) is 0 Å². The number of imidazole rings is 1. The molecule has 2 aromatic carbocycles. The molecule has 5 heteroatoms. The fourth-order valence-electron chi connectivity index (χ4n) is 4.17. The number of aliphatic imine (C=N–C) groups is 1. The first-order valence-electron chi connectivity index (χ1n) is 11.9. The molecule has 178 valence electrons. The lowest BCUT2D eigenvalue weighted by Crippen LogP contribution is -3.00. The maximum atomic E-state index is 5.12. The van der Waals surface area contributed by atoms with Crippen molar-refractivity contribution in [2.45, 2.75) is 80.3 Å². The van der Waals surface area contributed by atoms with E-state index in [4.69, 9.17) is 4.99 Å². The molecule has 33 heavy (non-hydrogen) atoms. The summed E-state index contributed by atoms with van der Waals surface area (Å²) in [6.45, 7) is 19.5. The molecule has 0 aliphatic heterocycles. The highest BCUT2D eigenvalue weighted by Crippen LogP contribution is 2.22. The number of halogens is 1. The van der Waals surface area contributed by atoms with Crippen molar-refractivity contribution in [3.63, 3.8) is 0 Å². The zero-order chi connectivity index (χ0) is 23.4. The average Bonchev–Trinajstić information content (AvgIpc) is 3.03. The first-order chi connectivity index (χ1) is 15.3. The molecule has 0 atom stereocenters. The molecular formula is C28H39IN4. The van der Waals surface area contributed by atoms with Gasteiger partial charge in [0.05, 0.1) is 18.8 Å². The zero-order valence-electron chi connectivity index (χ0n) is 21.4. The minimum Gasteiger partial charge on any atom is -1.00 e. The zero-order valence-corrected chi connectivity index (χ0v) is 23.6. The molecule has 0 fully saturated rings. The molecule has 1 N–H and O–H groups in total. The van der Waals surface area contributed by atoms with Gasteiger partial charge in [-0.2, -0.15) is 0 Å². The Morgan fingerprint density at radius 1 is 0.879 bits per heavy atom. The van der Waals surface area contributed by atoms with Crippen molar-refractivity contribution in [2.75, 3.05) is 5.32 Å². The monoisotopic (exact) mass is 558 g/mol. The van der Waals surface area contributed by atoms with Crippen molar-refractivity contribution in [3.05, 3.63) is 76.9 Å². The Bertz CT molecular complexity index is 1050. The summed E-state index contributed by atoms with van der Waals surface area (Å²) in [6.07, 6.45) is 0. The minimum atomic E-state index is 0. The largest absolute Gasteiger partial charge is 1.00 e. The van der Waals surface area contributed by atoms with Gasteiger partial charge in [0.1, 0.15) is 11.4 Å². The lowest BCUT2D eigenvalue weighted by molar-refractivity contribution is -0.700. The van der Waals surface area contributed by atoms with E-state index >= 15 is 0 Å². The normalized spacial score (nSPS) is 11.8. The highest BCUT2D eigenvalue weighted by atomic mass is 127. The second-order valence-corrected chi connectivity index (χ2v) is 9.09. The molecule has 3 rings (SSSR count). The highest BCUT2D eigenvalue weighted by molar-refractivity contribution is 6.06. The van der Waals surface area contributed by atoms with Crippen LogP contribution in [0, 0.1) is 13.8 Å². The van der Waals surface area contributed by atoms with Gasteiger partial charge in [-0.1, -0.05) is 52.0 Å². The van der Waals surface area contributed by atoms with Gasteiger partial charge < -0.3 is 29.3 Å². The lowest BCUT2D eigenvalue weighted by Gasteiger charge is -2.12. The van der Waals surface area contributed by atoms with Crippen LogP contribution in [0.4, 0.5) is 11.4 Å². The van der Waals surface area contributed by atoms with Gasteiger partial charge in [-0.05, 0) is 61.1 Å². The molecule has 4 nitrogen and oxygen atoms in total. The first kappa shape index (κ1) is 27.1. The van der Waals surface area contributed by atoms with Crippen LogP contribution in [-0.4, -0.2) is 10.4 Å². The van der Waals surface area contributed by atoms with E-state index in [-0.39, 0.29) is 24.0 Å². The summed E-state index contributed by atoms with van der Waals surface area (Å²) in [4.78, 5) is 5.12. The maximum Gasteiger partial charge on any atom is 0.325 e. The van der Waals surface area contributed by atoms with Crippen molar-refractivity contribution in [2.24, 2.45) is 4.99 Å². The maximum absolute atomic E-state index is 5.12. The summed E-state index contributed by atoms with van der Waals surface area (Å²) < 4.78 is 4.71. The van der Waals surface area contributed by atoms with E-state index in [1.165, 1.54) is 22.5 Å². The van der Waals surface area contributed by atoms with E-state index in [1.807, 2.05) is 0 Å². The van der Waals surface area contributed by atoms with Gasteiger partial charge in [0, 0.05) is 19.5 Å². The smallest absolute Gasteiger partial charge is 0.325 e. The van der Waals surface area contributed by atoms with Crippen LogP contribution < -0.4 is 33.9 Å². The highest BCUT2D eigenvalue weighted by Gasteiger charge is 2.28. The second kappa shape index (κ2) is 11.8. The number of hydrogen-bond acceptors (Lipinski definition) is 1. The second-order valence-electron chi connectivity index (χ2n) is 9.09. The van der Waals surface area contributed by atoms with Crippen molar-refractivity contribution < 1.29 is 28.5 Å². The number of nitrogens with zero attached hydrogens (tertiary/aromatic N) is 3. The Kier molecular flexibility index (Phi) is 9.70. The molecule has 0 unspecified atom stereocenters. The van der Waals surface area contributed by atoms with E-state index < -0.39 is 0 Å². The number of rotatable bonds is 7. The fraction of sp³-hybridized carbons (Fsp3) is 0.429. The molecule has 0 aliphatic rings. The summed E-state index contributed by atoms with van der Waals surface area (Å²) in [5.74, 6) is 3.02. The molecular weight excluding hydrogens is 519 g/mol. The number of amidine groups is 1. The lowest BCUT2D eigenvalue weighted by atomic mass is 10.0. The van der Waals surface area contributed by atoms with Crippen molar-refractivity contribution in [1.29, 1.82) is 0 Å². The van der Waals surface area contributed by atoms with E-state index in [9.17, 15) is 0 Å². The van der Waals surface area contributed by atoms with Crippen LogP contribution in [0.2, 0.25) is 0 Å². The van der Waals surface area contributed by atoms with Crippen LogP contribution in [0.3, 0.4) is 0 Å². The van der Waals surface area contributed by atoms with Gasteiger partial charge in [-0.15, -0.1) is 0 Å². The third-order valence-electron chi connectivity index (χ3n) is 6.33.